The van der Waals surface area contributed by atoms with Gasteiger partial charge in [0.1, 0.15) is 5.82 Å². The lowest BCUT2D eigenvalue weighted by molar-refractivity contribution is 0.628. The number of halogens is 1. The van der Waals surface area contributed by atoms with E-state index >= 15 is 0 Å². The van der Waals surface area contributed by atoms with Gasteiger partial charge in [0.25, 0.3) is 0 Å². The first-order valence-electron chi connectivity index (χ1n) is 3.72. The van der Waals surface area contributed by atoms with Crippen LogP contribution in [0.4, 0.5) is 10.1 Å². The van der Waals surface area contributed by atoms with Gasteiger partial charge in [0, 0.05) is 5.69 Å². The molecule has 0 aromatic heterocycles. The highest BCUT2D eigenvalue weighted by molar-refractivity contribution is 5.44. The zero-order valence-electron chi connectivity index (χ0n) is 6.89. The highest BCUT2D eigenvalue weighted by atomic mass is 19.1. The molecule has 2 heteroatoms. The minimum Gasteiger partial charge on any atom is -0.374 e. The normalized spacial score (nSPS) is 8.50. The molecule has 12 heavy (non-hydrogen) atoms. The first-order valence-corrected chi connectivity index (χ1v) is 3.72. The number of rotatable bonds is 2. The number of anilines is 1. The van der Waals surface area contributed by atoms with Crippen LogP contribution in [0.1, 0.15) is 6.92 Å². The zero-order chi connectivity index (χ0) is 8.81. The van der Waals surface area contributed by atoms with Crippen molar-refractivity contribution in [3.05, 3.63) is 30.1 Å². The molecule has 62 valence electrons. The van der Waals surface area contributed by atoms with Gasteiger partial charge in [-0.1, -0.05) is 12.0 Å². The Morgan fingerprint density at radius 1 is 1.50 bits per heavy atom. The van der Waals surface area contributed by atoms with Crippen molar-refractivity contribution in [2.45, 2.75) is 6.92 Å². The lowest BCUT2D eigenvalue weighted by Crippen LogP contribution is -1.98. The molecule has 0 saturated heterocycles. The maximum atomic E-state index is 12.6. The van der Waals surface area contributed by atoms with Crippen LogP contribution in [0.5, 0.6) is 0 Å². The van der Waals surface area contributed by atoms with Gasteiger partial charge in [-0.2, -0.15) is 0 Å². The zero-order valence-corrected chi connectivity index (χ0v) is 6.89. The Bertz CT molecular complexity index is 309. The van der Waals surface area contributed by atoms with Crippen molar-refractivity contribution >= 4 is 5.69 Å². The maximum Gasteiger partial charge on any atom is 0.125 e. The van der Waals surface area contributed by atoms with E-state index < -0.39 is 0 Å². The Hall–Kier alpha value is -1.49. The Kier molecular flexibility index (Phi) is 3.16. The standard InChI is InChI=1S/C10H10FN/c1-2-3-7-12-10-6-4-5-9(11)8-10/h4-6,8,12H,7H2,1H3. The maximum absolute atomic E-state index is 12.6. The van der Waals surface area contributed by atoms with Crippen LogP contribution in [-0.2, 0) is 0 Å². The van der Waals surface area contributed by atoms with E-state index in [0.717, 1.165) is 5.69 Å². The highest BCUT2D eigenvalue weighted by Crippen LogP contribution is 2.07. The van der Waals surface area contributed by atoms with E-state index in [1.54, 1.807) is 19.1 Å². The predicted molar refractivity (Wildman–Crippen MR) is 48.3 cm³/mol. The molecule has 0 saturated carbocycles. The summed E-state index contributed by atoms with van der Waals surface area (Å²) >= 11 is 0. The fourth-order valence-electron chi connectivity index (χ4n) is 0.833. The monoisotopic (exact) mass is 163 g/mol. The van der Waals surface area contributed by atoms with Gasteiger partial charge < -0.3 is 5.32 Å². The van der Waals surface area contributed by atoms with E-state index in [0.29, 0.717) is 6.54 Å². The Morgan fingerprint density at radius 3 is 3.00 bits per heavy atom. The van der Waals surface area contributed by atoms with Crippen molar-refractivity contribution in [2.24, 2.45) is 0 Å². The fourth-order valence-corrected chi connectivity index (χ4v) is 0.833. The summed E-state index contributed by atoms with van der Waals surface area (Å²) in [4.78, 5) is 0. The molecular weight excluding hydrogens is 153 g/mol. The molecule has 0 amide bonds. The molecule has 1 rings (SSSR count). The summed E-state index contributed by atoms with van der Waals surface area (Å²) in [7, 11) is 0. The molecule has 0 aliphatic heterocycles. The molecule has 1 nitrogen and oxygen atoms in total. The third-order valence-corrected chi connectivity index (χ3v) is 1.38. The summed E-state index contributed by atoms with van der Waals surface area (Å²) in [6.07, 6.45) is 0. The largest absolute Gasteiger partial charge is 0.374 e. The van der Waals surface area contributed by atoms with Crippen LogP contribution in [0, 0.1) is 17.7 Å². The molecule has 0 spiro atoms. The van der Waals surface area contributed by atoms with Crippen LogP contribution in [0.15, 0.2) is 24.3 Å². The molecule has 0 atom stereocenters. The minimum atomic E-state index is -0.232. The molecule has 0 bridgehead atoms. The van der Waals surface area contributed by atoms with Crippen molar-refractivity contribution in [1.29, 1.82) is 0 Å². The average molecular weight is 163 g/mol. The molecule has 0 aliphatic carbocycles. The van der Waals surface area contributed by atoms with Gasteiger partial charge in [0.05, 0.1) is 6.54 Å². The van der Waals surface area contributed by atoms with E-state index in [9.17, 15) is 4.39 Å². The molecule has 0 fully saturated rings. The van der Waals surface area contributed by atoms with Gasteiger partial charge in [-0.25, -0.2) is 4.39 Å². The van der Waals surface area contributed by atoms with Crippen LogP contribution in [0.3, 0.4) is 0 Å². The van der Waals surface area contributed by atoms with Crippen LogP contribution in [0.25, 0.3) is 0 Å². The van der Waals surface area contributed by atoms with Gasteiger partial charge in [-0.3, -0.25) is 0 Å². The SMILES string of the molecule is CC#CCNc1cccc(F)c1. The van der Waals surface area contributed by atoms with Crippen LogP contribution >= 0.6 is 0 Å². The van der Waals surface area contributed by atoms with Crippen LogP contribution < -0.4 is 5.32 Å². The first kappa shape index (κ1) is 8.61. The molecule has 0 unspecified atom stereocenters. The van der Waals surface area contributed by atoms with E-state index in [-0.39, 0.29) is 5.82 Å². The summed E-state index contributed by atoms with van der Waals surface area (Å²) in [6.45, 7) is 2.33. The van der Waals surface area contributed by atoms with Crippen molar-refractivity contribution in [3.63, 3.8) is 0 Å². The second-order valence-corrected chi connectivity index (χ2v) is 2.29. The van der Waals surface area contributed by atoms with Crippen LogP contribution in [0.2, 0.25) is 0 Å². The van der Waals surface area contributed by atoms with E-state index in [2.05, 4.69) is 17.2 Å². The number of nitrogens with one attached hydrogen (secondary N) is 1. The first-order chi connectivity index (χ1) is 5.83. The van der Waals surface area contributed by atoms with Gasteiger partial charge in [-0.05, 0) is 25.1 Å². The number of benzene rings is 1. The van der Waals surface area contributed by atoms with E-state index in [4.69, 9.17) is 0 Å². The van der Waals surface area contributed by atoms with E-state index in [1.165, 1.54) is 12.1 Å². The molecule has 0 heterocycles. The smallest absolute Gasteiger partial charge is 0.125 e. The van der Waals surface area contributed by atoms with Gasteiger partial charge in [-0.15, -0.1) is 5.92 Å². The third-order valence-electron chi connectivity index (χ3n) is 1.38. The summed E-state index contributed by atoms with van der Waals surface area (Å²) in [6, 6.07) is 6.32. The highest BCUT2D eigenvalue weighted by Gasteiger charge is 1.90. The molecule has 0 radical (unpaired) electrons. The van der Waals surface area contributed by atoms with Gasteiger partial charge in [0.15, 0.2) is 0 Å². The second-order valence-electron chi connectivity index (χ2n) is 2.29. The van der Waals surface area contributed by atoms with Crippen LogP contribution in [-0.4, -0.2) is 6.54 Å². The number of hydrogen-bond donors (Lipinski definition) is 1. The van der Waals surface area contributed by atoms with E-state index in [1.807, 2.05) is 0 Å². The number of hydrogen-bond acceptors (Lipinski definition) is 1. The van der Waals surface area contributed by atoms with Crippen molar-refractivity contribution in [3.8, 4) is 11.8 Å². The fraction of sp³-hybridized carbons (Fsp3) is 0.200. The molecule has 1 aromatic rings. The molecular formula is C10H10FN. The Labute approximate surface area is 71.6 Å². The predicted octanol–water partition coefficient (Wildman–Crippen LogP) is 2.26. The molecule has 0 aliphatic rings. The summed E-state index contributed by atoms with van der Waals surface area (Å²) < 4.78 is 12.6. The minimum absolute atomic E-state index is 0.232. The Morgan fingerprint density at radius 2 is 2.33 bits per heavy atom. The average Bonchev–Trinajstić information content (AvgIpc) is 2.05. The quantitative estimate of drug-likeness (QED) is 0.659. The van der Waals surface area contributed by atoms with Crippen molar-refractivity contribution in [2.75, 3.05) is 11.9 Å². The third kappa shape index (κ3) is 2.63. The topological polar surface area (TPSA) is 12.0 Å². The summed E-state index contributed by atoms with van der Waals surface area (Å²) in [5.74, 6) is 5.35. The van der Waals surface area contributed by atoms with Gasteiger partial charge >= 0.3 is 0 Å². The molecule has 1 N–H and O–H groups in total. The summed E-state index contributed by atoms with van der Waals surface area (Å²) in [5.41, 5.74) is 0.762. The lowest BCUT2D eigenvalue weighted by atomic mass is 10.3. The summed E-state index contributed by atoms with van der Waals surface area (Å²) in [5, 5.41) is 2.97. The Balaban J connectivity index is 2.55. The molecule has 1 aromatic carbocycles. The van der Waals surface area contributed by atoms with Crippen molar-refractivity contribution in [1.82, 2.24) is 0 Å². The second kappa shape index (κ2) is 4.40. The van der Waals surface area contributed by atoms with Crippen molar-refractivity contribution < 1.29 is 4.39 Å². The lowest BCUT2D eigenvalue weighted by Gasteiger charge is -2.00. The van der Waals surface area contributed by atoms with Gasteiger partial charge in [0.2, 0.25) is 0 Å².